The molecule has 2 rings (SSSR count). The van der Waals surface area contributed by atoms with E-state index in [1.54, 1.807) is 22.9 Å². The Morgan fingerprint density at radius 2 is 1.95 bits per heavy atom. The molecule has 0 amide bonds. The first-order chi connectivity index (χ1) is 9.16. The highest BCUT2D eigenvalue weighted by Crippen LogP contribution is 2.15. The predicted octanol–water partition coefficient (Wildman–Crippen LogP) is 2.85. The third-order valence-electron chi connectivity index (χ3n) is 3.07. The Labute approximate surface area is 117 Å². The number of aromatic nitrogens is 1. The molecule has 19 heavy (non-hydrogen) atoms. The third-order valence-corrected chi connectivity index (χ3v) is 3.32. The summed E-state index contributed by atoms with van der Waals surface area (Å²) in [5.74, 6) is 0. The Balaban J connectivity index is 1.87. The lowest BCUT2D eigenvalue weighted by Gasteiger charge is -2.14. The van der Waals surface area contributed by atoms with Crippen LogP contribution in [0.5, 0.6) is 0 Å². The van der Waals surface area contributed by atoms with Crippen molar-refractivity contribution in [1.29, 1.82) is 0 Å². The van der Waals surface area contributed by atoms with Crippen LogP contribution in [0, 0.1) is 0 Å². The molecule has 100 valence electrons. The van der Waals surface area contributed by atoms with E-state index in [0.717, 1.165) is 11.6 Å². The van der Waals surface area contributed by atoms with Crippen molar-refractivity contribution in [2.24, 2.45) is 0 Å². The van der Waals surface area contributed by atoms with Crippen molar-refractivity contribution in [3.8, 4) is 0 Å². The summed E-state index contributed by atoms with van der Waals surface area (Å²) in [5.41, 5.74) is 1.22. The maximum absolute atomic E-state index is 11.5. The summed E-state index contributed by atoms with van der Waals surface area (Å²) in [5, 5.41) is 4.13. The summed E-state index contributed by atoms with van der Waals surface area (Å²) in [7, 11) is 0. The van der Waals surface area contributed by atoms with Gasteiger partial charge in [0.2, 0.25) is 0 Å². The molecular formula is C15H17ClN2O. The van der Waals surface area contributed by atoms with Crippen molar-refractivity contribution in [1.82, 2.24) is 9.88 Å². The van der Waals surface area contributed by atoms with Crippen molar-refractivity contribution in [3.63, 3.8) is 0 Å². The maximum Gasteiger partial charge on any atom is 0.250 e. The maximum atomic E-state index is 11.5. The van der Waals surface area contributed by atoms with Crippen molar-refractivity contribution >= 4 is 11.6 Å². The van der Waals surface area contributed by atoms with Gasteiger partial charge in [0.1, 0.15) is 0 Å². The van der Waals surface area contributed by atoms with Crippen LogP contribution in [0.3, 0.4) is 0 Å². The van der Waals surface area contributed by atoms with Gasteiger partial charge in [-0.3, -0.25) is 4.79 Å². The van der Waals surface area contributed by atoms with Gasteiger partial charge < -0.3 is 9.88 Å². The minimum Gasteiger partial charge on any atom is -0.314 e. The summed E-state index contributed by atoms with van der Waals surface area (Å²) in [6.45, 7) is 3.50. The van der Waals surface area contributed by atoms with E-state index in [1.165, 1.54) is 5.56 Å². The third kappa shape index (κ3) is 3.94. The van der Waals surface area contributed by atoms with Crippen LogP contribution in [-0.4, -0.2) is 11.1 Å². The molecule has 0 bridgehead atoms. The lowest BCUT2D eigenvalue weighted by molar-refractivity contribution is 0.524. The summed E-state index contributed by atoms with van der Waals surface area (Å²) in [4.78, 5) is 11.5. The fraction of sp³-hybridized carbons (Fsp3) is 0.267. The second kappa shape index (κ2) is 6.55. The van der Waals surface area contributed by atoms with Crippen molar-refractivity contribution in [2.45, 2.75) is 19.5 Å². The number of pyridine rings is 1. The number of halogens is 1. The highest BCUT2D eigenvalue weighted by Gasteiger charge is 2.04. The van der Waals surface area contributed by atoms with Crippen LogP contribution in [-0.2, 0) is 6.54 Å². The zero-order valence-electron chi connectivity index (χ0n) is 10.8. The number of hydrogen-bond donors (Lipinski definition) is 1. The molecule has 0 saturated heterocycles. The lowest BCUT2D eigenvalue weighted by Crippen LogP contribution is -2.27. The summed E-state index contributed by atoms with van der Waals surface area (Å²) >= 11 is 5.86. The zero-order valence-corrected chi connectivity index (χ0v) is 11.6. The average molecular weight is 277 g/mol. The molecule has 0 spiro atoms. The van der Waals surface area contributed by atoms with E-state index >= 15 is 0 Å². The molecule has 0 saturated carbocycles. The number of nitrogens with zero attached hydrogens (tertiary/aromatic N) is 1. The fourth-order valence-corrected chi connectivity index (χ4v) is 2.04. The normalized spacial score (nSPS) is 12.3. The van der Waals surface area contributed by atoms with Gasteiger partial charge in [-0.25, -0.2) is 0 Å². The van der Waals surface area contributed by atoms with Gasteiger partial charge in [-0.2, -0.15) is 0 Å². The molecule has 1 aromatic heterocycles. The Hall–Kier alpha value is -1.58. The second-order valence-corrected chi connectivity index (χ2v) is 4.90. The van der Waals surface area contributed by atoms with E-state index < -0.39 is 0 Å². The van der Waals surface area contributed by atoms with E-state index in [1.807, 2.05) is 30.3 Å². The molecule has 1 N–H and O–H groups in total. The van der Waals surface area contributed by atoms with Crippen molar-refractivity contribution in [3.05, 3.63) is 69.6 Å². The molecule has 0 radical (unpaired) electrons. The molecule has 2 aromatic rings. The van der Waals surface area contributed by atoms with Gasteiger partial charge in [0.25, 0.3) is 5.56 Å². The predicted molar refractivity (Wildman–Crippen MR) is 78.6 cm³/mol. The van der Waals surface area contributed by atoms with Crippen LogP contribution in [0.25, 0.3) is 0 Å². The van der Waals surface area contributed by atoms with Crippen LogP contribution in [0.15, 0.2) is 53.5 Å². The van der Waals surface area contributed by atoms with E-state index in [-0.39, 0.29) is 11.6 Å². The second-order valence-electron chi connectivity index (χ2n) is 4.46. The molecule has 1 atom stereocenters. The molecule has 0 aliphatic rings. The van der Waals surface area contributed by atoms with Crippen LogP contribution in [0.1, 0.15) is 18.5 Å². The molecule has 0 aliphatic heterocycles. The molecule has 4 heteroatoms. The first-order valence-electron chi connectivity index (χ1n) is 6.31. The molecule has 1 heterocycles. The zero-order chi connectivity index (χ0) is 13.7. The van der Waals surface area contributed by atoms with Gasteiger partial charge in [-0.15, -0.1) is 0 Å². The minimum absolute atomic E-state index is 0.0310. The largest absolute Gasteiger partial charge is 0.314 e. The Bertz CT molecular complexity index is 577. The number of rotatable bonds is 5. The van der Waals surface area contributed by atoms with Crippen molar-refractivity contribution in [2.75, 3.05) is 6.54 Å². The SMILES string of the molecule is CC(NCCn1ccccc1=O)c1ccc(Cl)cc1. The van der Waals surface area contributed by atoms with E-state index in [0.29, 0.717) is 6.54 Å². The smallest absolute Gasteiger partial charge is 0.250 e. The first-order valence-corrected chi connectivity index (χ1v) is 6.69. The van der Waals surface area contributed by atoms with E-state index in [2.05, 4.69) is 12.2 Å². The monoisotopic (exact) mass is 276 g/mol. The average Bonchev–Trinajstić information content (AvgIpc) is 2.41. The van der Waals surface area contributed by atoms with Crippen molar-refractivity contribution < 1.29 is 0 Å². The van der Waals surface area contributed by atoms with Gasteiger partial charge in [-0.05, 0) is 30.7 Å². The molecular weight excluding hydrogens is 260 g/mol. The van der Waals surface area contributed by atoms with Gasteiger partial charge in [0.05, 0.1) is 0 Å². The van der Waals surface area contributed by atoms with E-state index in [9.17, 15) is 4.79 Å². The molecule has 0 fully saturated rings. The highest BCUT2D eigenvalue weighted by atomic mass is 35.5. The van der Waals surface area contributed by atoms with Crippen LogP contribution < -0.4 is 10.9 Å². The Kier molecular flexibility index (Phi) is 4.77. The fourth-order valence-electron chi connectivity index (χ4n) is 1.92. The topological polar surface area (TPSA) is 34.0 Å². The Morgan fingerprint density at radius 1 is 1.21 bits per heavy atom. The van der Waals surface area contributed by atoms with Crippen LogP contribution in [0.4, 0.5) is 0 Å². The number of hydrogen-bond acceptors (Lipinski definition) is 2. The standard InChI is InChI=1S/C15H17ClN2O/c1-12(13-5-7-14(16)8-6-13)17-9-11-18-10-3-2-4-15(18)19/h2-8,10,12,17H,9,11H2,1H3. The van der Waals surface area contributed by atoms with Gasteiger partial charge in [0, 0.05) is 36.4 Å². The summed E-state index contributed by atoms with van der Waals surface area (Å²) in [6.07, 6.45) is 1.80. The van der Waals surface area contributed by atoms with Gasteiger partial charge in [-0.1, -0.05) is 29.8 Å². The quantitative estimate of drug-likeness (QED) is 0.911. The Morgan fingerprint density at radius 3 is 2.63 bits per heavy atom. The summed E-state index contributed by atoms with van der Waals surface area (Å²) < 4.78 is 1.70. The minimum atomic E-state index is 0.0310. The van der Waals surface area contributed by atoms with Crippen LogP contribution in [0.2, 0.25) is 5.02 Å². The van der Waals surface area contributed by atoms with Crippen LogP contribution >= 0.6 is 11.6 Å². The number of benzene rings is 1. The molecule has 1 aromatic carbocycles. The highest BCUT2D eigenvalue weighted by molar-refractivity contribution is 6.30. The summed E-state index contributed by atoms with van der Waals surface area (Å²) in [6, 6.07) is 13.2. The molecule has 3 nitrogen and oxygen atoms in total. The molecule has 1 unspecified atom stereocenters. The first kappa shape index (κ1) is 13.8. The molecule has 0 aliphatic carbocycles. The van der Waals surface area contributed by atoms with Gasteiger partial charge in [0.15, 0.2) is 0 Å². The van der Waals surface area contributed by atoms with Gasteiger partial charge >= 0.3 is 0 Å². The van der Waals surface area contributed by atoms with E-state index in [4.69, 9.17) is 11.6 Å². The number of nitrogens with one attached hydrogen (secondary N) is 1. The lowest BCUT2D eigenvalue weighted by atomic mass is 10.1.